The van der Waals surface area contributed by atoms with Crippen molar-refractivity contribution in [1.29, 1.82) is 0 Å². The number of aryl methyl sites for hydroxylation is 1. The van der Waals surface area contributed by atoms with E-state index in [1.165, 1.54) is 0 Å². The maximum absolute atomic E-state index is 12.1. The number of rotatable bonds is 5. The summed E-state index contributed by atoms with van der Waals surface area (Å²) in [5, 5.41) is 3.28. The lowest BCUT2D eigenvalue weighted by molar-refractivity contribution is 0.412. The number of para-hydroxylation sites is 2. The van der Waals surface area contributed by atoms with E-state index in [0.717, 1.165) is 22.7 Å². The van der Waals surface area contributed by atoms with Gasteiger partial charge < -0.3 is 14.6 Å². The number of methoxy groups -OCH3 is 1. The average Bonchev–Trinajstić information content (AvgIpc) is 2.46. The van der Waals surface area contributed by atoms with Crippen LogP contribution in [0.25, 0.3) is 5.69 Å². The number of nitrogens with one attached hydrogen (secondary N) is 1. The molecular formula is C17H22N2O2. The quantitative estimate of drug-likeness (QED) is 0.919. The van der Waals surface area contributed by atoms with Gasteiger partial charge in [0.1, 0.15) is 5.75 Å². The maximum atomic E-state index is 12.1. The van der Waals surface area contributed by atoms with Crippen LogP contribution in [0.1, 0.15) is 25.1 Å². The lowest BCUT2D eigenvalue weighted by Gasteiger charge is -2.16. The molecule has 0 bridgehead atoms. The van der Waals surface area contributed by atoms with Crippen molar-refractivity contribution in [3.8, 4) is 11.4 Å². The monoisotopic (exact) mass is 286 g/mol. The van der Waals surface area contributed by atoms with Crippen molar-refractivity contribution in [2.24, 2.45) is 0 Å². The van der Waals surface area contributed by atoms with Gasteiger partial charge in [0, 0.05) is 36.1 Å². The van der Waals surface area contributed by atoms with E-state index in [9.17, 15) is 4.79 Å². The van der Waals surface area contributed by atoms with Crippen LogP contribution in [-0.2, 0) is 6.54 Å². The molecule has 112 valence electrons. The van der Waals surface area contributed by atoms with E-state index >= 15 is 0 Å². The third-order valence-electron chi connectivity index (χ3n) is 3.37. The van der Waals surface area contributed by atoms with Crippen LogP contribution in [0.5, 0.6) is 5.75 Å². The van der Waals surface area contributed by atoms with Crippen LogP contribution < -0.4 is 15.5 Å². The number of pyridine rings is 1. The van der Waals surface area contributed by atoms with Gasteiger partial charge in [0.15, 0.2) is 5.43 Å². The molecule has 4 heteroatoms. The molecule has 0 saturated carbocycles. The largest absolute Gasteiger partial charge is 0.495 e. The fourth-order valence-electron chi connectivity index (χ4n) is 2.21. The fourth-order valence-corrected chi connectivity index (χ4v) is 2.21. The summed E-state index contributed by atoms with van der Waals surface area (Å²) in [6, 6.07) is 9.80. The van der Waals surface area contributed by atoms with Crippen LogP contribution in [0.4, 0.5) is 0 Å². The summed E-state index contributed by atoms with van der Waals surface area (Å²) in [6.45, 7) is 6.61. The summed E-state index contributed by atoms with van der Waals surface area (Å²) < 4.78 is 7.41. The SMILES string of the molecule is COc1ccccc1-n1cc(CNC(C)C)c(=O)cc1C. The Morgan fingerprint density at radius 2 is 2.00 bits per heavy atom. The first-order valence-corrected chi connectivity index (χ1v) is 7.12. The zero-order valence-electron chi connectivity index (χ0n) is 13.0. The molecule has 1 heterocycles. The molecule has 0 saturated heterocycles. The molecule has 0 atom stereocenters. The highest BCUT2D eigenvalue weighted by Gasteiger charge is 2.09. The van der Waals surface area contributed by atoms with Crippen molar-refractivity contribution in [3.05, 3.63) is 58.0 Å². The first kappa shape index (κ1) is 15.3. The molecule has 0 spiro atoms. The lowest BCUT2D eigenvalue weighted by atomic mass is 10.2. The van der Waals surface area contributed by atoms with Gasteiger partial charge in [-0.1, -0.05) is 26.0 Å². The minimum absolute atomic E-state index is 0.0618. The van der Waals surface area contributed by atoms with Gasteiger partial charge in [-0.3, -0.25) is 4.79 Å². The number of ether oxygens (including phenoxy) is 1. The van der Waals surface area contributed by atoms with E-state index in [-0.39, 0.29) is 5.43 Å². The van der Waals surface area contributed by atoms with Crippen LogP contribution in [0.2, 0.25) is 0 Å². The Kier molecular flexibility index (Phi) is 4.81. The van der Waals surface area contributed by atoms with Crippen molar-refractivity contribution in [3.63, 3.8) is 0 Å². The van der Waals surface area contributed by atoms with Crippen LogP contribution in [0.3, 0.4) is 0 Å². The third-order valence-corrected chi connectivity index (χ3v) is 3.37. The molecule has 0 aliphatic heterocycles. The standard InChI is InChI=1S/C17H22N2O2/c1-12(2)18-10-14-11-19(13(3)9-16(14)20)15-7-5-6-8-17(15)21-4/h5-9,11-12,18H,10H2,1-4H3. The Hall–Kier alpha value is -2.07. The van der Waals surface area contributed by atoms with Crippen molar-refractivity contribution < 1.29 is 4.74 Å². The van der Waals surface area contributed by atoms with Gasteiger partial charge in [0.05, 0.1) is 12.8 Å². The zero-order chi connectivity index (χ0) is 15.4. The number of aromatic nitrogens is 1. The summed E-state index contributed by atoms with van der Waals surface area (Å²) in [5.41, 5.74) is 2.63. The van der Waals surface area contributed by atoms with Gasteiger partial charge in [0.25, 0.3) is 0 Å². The van der Waals surface area contributed by atoms with Crippen LogP contribution in [0, 0.1) is 6.92 Å². The van der Waals surface area contributed by atoms with Gasteiger partial charge >= 0.3 is 0 Å². The normalized spacial score (nSPS) is 10.9. The Balaban J connectivity index is 2.48. The van der Waals surface area contributed by atoms with E-state index in [1.807, 2.05) is 42.0 Å². The molecule has 0 aliphatic carbocycles. The van der Waals surface area contributed by atoms with Gasteiger partial charge in [-0.2, -0.15) is 0 Å². The van der Waals surface area contributed by atoms with Crippen molar-refractivity contribution in [2.45, 2.75) is 33.4 Å². The summed E-state index contributed by atoms with van der Waals surface area (Å²) in [6.07, 6.45) is 1.89. The van der Waals surface area contributed by atoms with E-state index in [0.29, 0.717) is 12.6 Å². The molecule has 0 aliphatic rings. The van der Waals surface area contributed by atoms with Crippen LogP contribution >= 0.6 is 0 Å². The fraction of sp³-hybridized carbons (Fsp3) is 0.353. The molecule has 0 unspecified atom stereocenters. The zero-order valence-corrected chi connectivity index (χ0v) is 13.0. The van der Waals surface area contributed by atoms with Crippen LogP contribution in [0.15, 0.2) is 41.3 Å². The summed E-state index contributed by atoms with van der Waals surface area (Å²) >= 11 is 0. The first-order valence-electron chi connectivity index (χ1n) is 7.12. The van der Waals surface area contributed by atoms with E-state index in [1.54, 1.807) is 13.2 Å². The van der Waals surface area contributed by atoms with Gasteiger partial charge in [0.2, 0.25) is 0 Å². The second-order valence-corrected chi connectivity index (χ2v) is 5.38. The minimum atomic E-state index is 0.0618. The minimum Gasteiger partial charge on any atom is -0.495 e. The third kappa shape index (κ3) is 3.52. The number of hydrogen-bond donors (Lipinski definition) is 1. The predicted molar refractivity (Wildman–Crippen MR) is 85.3 cm³/mol. The molecule has 1 N–H and O–H groups in total. The number of hydrogen-bond acceptors (Lipinski definition) is 3. The summed E-state index contributed by atoms with van der Waals surface area (Å²) in [5.74, 6) is 0.784. The average molecular weight is 286 g/mol. The molecule has 0 fully saturated rings. The Morgan fingerprint density at radius 1 is 1.29 bits per heavy atom. The second kappa shape index (κ2) is 6.59. The summed E-state index contributed by atoms with van der Waals surface area (Å²) in [4.78, 5) is 12.1. The van der Waals surface area contributed by atoms with Crippen LogP contribution in [-0.4, -0.2) is 17.7 Å². The smallest absolute Gasteiger partial charge is 0.186 e. The molecule has 1 aromatic carbocycles. The number of nitrogens with zero attached hydrogens (tertiary/aromatic N) is 1. The molecule has 1 aromatic heterocycles. The molecule has 21 heavy (non-hydrogen) atoms. The van der Waals surface area contributed by atoms with Crippen molar-refractivity contribution >= 4 is 0 Å². The van der Waals surface area contributed by atoms with Gasteiger partial charge in [-0.25, -0.2) is 0 Å². The molecule has 2 aromatic rings. The highest BCUT2D eigenvalue weighted by atomic mass is 16.5. The Bertz CT molecular complexity index is 675. The Morgan fingerprint density at radius 3 is 2.67 bits per heavy atom. The summed E-state index contributed by atoms with van der Waals surface area (Å²) in [7, 11) is 1.65. The second-order valence-electron chi connectivity index (χ2n) is 5.38. The molecular weight excluding hydrogens is 264 g/mol. The van der Waals surface area contributed by atoms with Crippen molar-refractivity contribution in [1.82, 2.24) is 9.88 Å². The van der Waals surface area contributed by atoms with E-state index in [4.69, 9.17) is 4.74 Å². The highest BCUT2D eigenvalue weighted by Crippen LogP contribution is 2.23. The Labute approximate surface area is 125 Å². The molecule has 2 rings (SSSR count). The predicted octanol–water partition coefficient (Wildman–Crippen LogP) is 2.65. The van der Waals surface area contributed by atoms with Crippen molar-refractivity contribution in [2.75, 3.05) is 7.11 Å². The lowest BCUT2D eigenvalue weighted by Crippen LogP contribution is -2.26. The van der Waals surface area contributed by atoms with E-state index < -0.39 is 0 Å². The number of benzene rings is 1. The molecule has 4 nitrogen and oxygen atoms in total. The van der Waals surface area contributed by atoms with Gasteiger partial charge in [-0.05, 0) is 19.1 Å². The molecule has 0 amide bonds. The highest BCUT2D eigenvalue weighted by molar-refractivity contribution is 5.48. The van der Waals surface area contributed by atoms with E-state index in [2.05, 4.69) is 19.2 Å². The first-order chi connectivity index (χ1) is 10.0. The molecule has 0 radical (unpaired) electrons. The topological polar surface area (TPSA) is 43.3 Å². The maximum Gasteiger partial charge on any atom is 0.186 e. The van der Waals surface area contributed by atoms with Gasteiger partial charge in [-0.15, -0.1) is 0 Å².